The monoisotopic (exact) mass is 435 g/mol. The molecule has 1 aliphatic rings. The second-order valence-corrected chi connectivity index (χ2v) is 8.75. The van der Waals surface area contributed by atoms with E-state index in [1.165, 1.54) is 31.0 Å². The van der Waals surface area contributed by atoms with Crippen LogP contribution in [0.5, 0.6) is 0 Å². The fourth-order valence-corrected chi connectivity index (χ4v) is 4.26. The summed E-state index contributed by atoms with van der Waals surface area (Å²) in [6.07, 6.45) is 4.65. The van der Waals surface area contributed by atoms with Gasteiger partial charge in [0, 0.05) is 23.7 Å². The molecule has 29 heavy (non-hydrogen) atoms. The average Bonchev–Trinajstić information content (AvgIpc) is 3.06. The molecule has 2 N–H and O–H groups in total. The molecule has 0 unspecified atom stereocenters. The third-order valence-corrected chi connectivity index (χ3v) is 6.50. The summed E-state index contributed by atoms with van der Waals surface area (Å²) in [4.78, 5) is 24.5. The Hall–Kier alpha value is -2.06. The highest BCUT2D eigenvalue weighted by Gasteiger charge is 2.23. The first-order chi connectivity index (χ1) is 13.9. The minimum absolute atomic E-state index is 0.0225. The van der Waals surface area contributed by atoms with E-state index in [0.29, 0.717) is 33.2 Å². The molecule has 0 spiro atoms. The van der Waals surface area contributed by atoms with Crippen molar-refractivity contribution in [2.75, 3.05) is 5.75 Å². The van der Waals surface area contributed by atoms with E-state index >= 15 is 0 Å². The fraction of sp³-hybridized carbons (Fsp3) is 0.500. The smallest absolute Gasteiger partial charge is 0.251 e. The van der Waals surface area contributed by atoms with Crippen LogP contribution in [0.15, 0.2) is 29.4 Å². The maximum atomic E-state index is 12.3. The lowest BCUT2D eigenvalue weighted by atomic mass is 9.86. The molecule has 1 fully saturated rings. The lowest BCUT2D eigenvalue weighted by Crippen LogP contribution is -2.41. The molecule has 1 aromatic carbocycles. The summed E-state index contributed by atoms with van der Waals surface area (Å²) in [5, 5.41) is 15.5. The van der Waals surface area contributed by atoms with Crippen molar-refractivity contribution in [2.45, 2.75) is 50.4 Å². The van der Waals surface area contributed by atoms with E-state index in [0.717, 1.165) is 6.42 Å². The standard InChI is InChI=1S/C20H26ClN5O2S/c1-13-5-3-4-6-16(13)23-18(27)12-29-20-25-24-17(26(20)2)11-22-19(28)14-7-9-15(21)10-8-14/h7-10,13,16H,3-6,11-12H2,1-2H3,(H,22,28)(H,23,27)/t13-,16+/m1/s1. The minimum atomic E-state index is -0.208. The molecule has 0 saturated heterocycles. The molecule has 3 rings (SSSR count). The molecule has 0 aliphatic heterocycles. The number of carbonyl (C=O) groups is 2. The first-order valence-corrected chi connectivity index (χ1v) is 11.1. The number of nitrogens with zero attached hydrogens (tertiary/aromatic N) is 3. The van der Waals surface area contributed by atoms with E-state index in [1.807, 2.05) is 7.05 Å². The summed E-state index contributed by atoms with van der Waals surface area (Å²) in [5.41, 5.74) is 0.528. The predicted molar refractivity (Wildman–Crippen MR) is 114 cm³/mol. The number of nitrogens with one attached hydrogen (secondary N) is 2. The van der Waals surface area contributed by atoms with Gasteiger partial charge in [-0.3, -0.25) is 9.59 Å². The van der Waals surface area contributed by atoms with Crippen molar-refractivity contribution >= 4 is 35.2 Å². The zero-order valence-electron chi connectivity index (χ0n) is 16.7. The van der Waals surface area contributed by atoms with Gasteiger partial charge in [-0.05, 0) is 43.0 Å². The summed E-state index contributed by atoms with van der Waals surface area (Å²) in [5.74, 6) is 1.26. The maximum Gasteiger partial charge on any atom is 0.251 e. The number of halogens is 1. The lowest BCUT2D eigenvalue weighted by molar-refractivity contribution is -0.119. The van der Waals surface area contributed by atoms with Crippen molar-refractivity contribution in [3.8, 4) is 0 Å². The molecular weight excluding hydrogens is 410 g/mol. The zero-order chi connectivity index (χ0) is 20.8. The SMILES string of the molecule is C[C@@H]1CCCC[C@@H]1NC(=O)CSc1nnc(CNC(=O)c2ccc(Cl)cc2)n1C. The third-order valence-electron chi connectivity index (χ3n) is 5.23. The summed E-state index contributed by atoms with van der Waals surface area (Å²) in [6, 6.07) is 6.96. The van der Waals surface area contributed by atoms with E-state index in [2.05, 4.69) is 27.8 Å². The van der Waals surface area contributed by atoms with Gasteiger partial charge in [0.2, 0.25) is 5.91 Å². The molecule has 0 bridgehead atoms. The number of benzene rings is 1. The highest BCUT2D eigenvalue weighted by molar-refractivity contribution is 7.99. The van der Waals surface area contributed by atoms with Gasteiger partial charge in [0.25, 0.3) is 5.91 Å². The summed E-state index contributed by atoms with van der Waals surface area (Å²) >= 11 is 7.19. The molecule has 2 atom stereocenters. The van der Waals surface area contributed by atoms with Gasteiger partial charge >= 0.3 is 0 Å². The van der Waals surface area contributed by atoms with Gasteiger partial charge < -0.3 is 15.2 Å². The molecule has 1 aliphatic carbocycles. The quantitative estimate of drug-likeness (QED) is 0.652. The Bertz CT molecular complexity index is 855. The molecule has 0 radical (unpaired) electrons. The number of carbonyl (C=O) groups excluding carboxylic acids is 2. The van der Waals surface area contributed by atoms with Crippen LogP contribution in [0.4, 0.5) is 0 Å². The highest BCUT2D eigenvalue weighted by Crippen LogP contribution is 2.24. The summed E-state index contributed by atoms with van der Waals surface area (Å²) in [7, 11) is 1.83. The maximum absolute atomic E-state index is 12.3. The normalized spacial score (nSPS) is 19.0. The largest absolute Gasteiger partial charge is 0.352 e. The van der Waals surface area contributed by atoms with Crippen molar-refractivity contribution in [2.24, 2.45) is 13.0 Å². The van der Waals surface area contributed by atoms with E-state index < -0.39 is 0 Å². The van der Waals surface area contributed by atoms with Crippen LogP contribution in [0.1, 0.15) is 48.8 Å². The zero-order valence-corrected chi connectivity index (χ0v) is 18.2. The molecular formula is C20H26ClN5O2S. The van der Waals surface area contributed by atoms with E-state index in [-0.39, 0.29) is 24.4 Å². The predicted octanol–water partition coefficient (Wildman–Crippen LogP) is 3.19. The van der Waals surface area contributed by atoms with Gasteiger partial charge in [0.1, 0.15) is 0 Å². The second kappa shape index (κ2) is 10.1. The van der Waals surface area contributed by atoms with Crippen molar-refractivity contribution in [1.82, 2.24) is 25.4 Å². The van der Waals surface area contributed by atoms with Crippen molar-refractivity contribution in [1.29, 1.82) is 0 Å². The Morgan fingerprint density at radius 2 is 1.93 bits per heavy atom. The van der Waals surface area contributed by atoms with Crippen LogP contribution < -0.4 is 10.6 Å². The lowest BCUT2D eigenvalue weighted by Gasteiger charge is -2.29. The molecule has 2 amide bonds. The molecule has 1 saturated carbocycles. The fourth-order valence-electron chi connectivity index (χ4n) is 3.40. The van der Waals surface area contributed by atoms with E-state index in [1.54, 1.807) is 28.8 Å². The Morgan fingerprint density at radius 1 is 1.21 bits per heavy atom. The number of amides is 2. The number of hydrogen-bond acceptors (Lipinski definition) is 5. The van der Waals surface area contributed by atoms with Crippen molar-refractivity contribution in [3.05, 3.63) is 40.7 Å². The van der Waals surface area contributed by atoms with Gasteiger partial charge in [0.15, 0.2) is 11.0 Å². The third kappa shape index (κ3) is 5.96. The van der Waals surface area contributed by atoms with Gasteiger partial charge in [-0.2, -0.15) is 0 Å². The molecule has 9 heteroatoms. The van der Waals surface area contributed by atoms with E-state index in [9.17, 15) is 9.59 Å². The highest BCUT2D eigenvalue weighted by atomic mass is 35.5. The second-order valence-electron chi connectivity index (χ2n) is 7.37. The van der Waals surface area contributed by atoms with Gasteiger partial charge in [-0.15, -0.1) is 10.2 Å². The molecule has 7 nitrogen and oxygen atoms in total. The molecule has 1 heterocycles. The van der Waals surface area contributed by atoms with Crippen LogP contribution in [0.25, 0.3) is 0 Å². The van der Waals surface area contributed by atoms with Crippen LogP contribution in [0.3, 0.4) is 0 Å². The van der Waals surface area contributed by atoms with Crippen LogP contribution in [0, 0.1) is 5.92 Å². The van der Waals surface area contributed by atoms with E-state index in [4.69, 9.17) is 11.6 Å². The Morgan fingerprint density at radius 3 is 2.66 bits per heavy atom. The molecule has 1 aromatic heterocycles. The number of hydrogen-bond donors (Lipinski definition) is 2. The van der Waals surface area contributed by atoms with Crippen LogP contribution >= 0.6 is 23.4 Å². The molecule has 156 valence electrons. The van der Waals surface area contributed by atoms with Gasteiger partial charge in [-0.25, -0.2) is 0 Å². The van der Waals surface area contributed by atoms with Gasteiger partial charge in [0.05, 0.1) is 12.3 Å². The number of aromatic nitrogens is 3. The van der Waals surface area contributed by atoms with Gasteiger partial charge in [-0.1, -0.05) is 43.1 Å². The van der Waals surface area contributed by atoms with Crippen molar-refractivity contribution < 1.29 is 9.59 Å². The van der Waals surface area contributed by atoms with Crippen LogP contribution in [0.2, 0.25) is 5.02 Å². The first-order valence-electron chi connectivity index (χ1n) is 9.78. The minimum Gasteiger partial charge on any atom is -0.352 e. The average molecular weight is 436 g/mol. The van der Waals surface area contributed by atoms with Crippen LogP contribution in [-0.2, 0) is 18.4 Å². The Kier molecular flexibility index (Phi) is 7.55. The van der Waals surface area contributed by atoms with Crippen LogP contribution in [-0.4, -0.2) is 38.4 Å². The number of thioether (sulfide) groups is 1. The first kappa shape index (κ1) is 21.6. The topological polar surface area (TPSA) is 88.9 Å². The Labute approximate surface area is 180 Å². The number of rotatable bonds is 7. The summed E-state index contributed by atoms with van der Waals surface area (Å²) < 4.78 is 1.79. The summed E-state index contributed by atoms with van der Waals surface area (Å²) in [6.45, 7) is 2.45. The van der Waals surface area contributed by atoms with Crippen molar-refractivity contribution in [3.63, 3.8) is 0 Å². The molecule has 2 aromatic rings. The Balaban J connectivity index is 1.48.